The van der Waals surface area contributed by atoms with Gasteiger partial charge in [0.2, 0.25) is 0 Å². The van der Waals surface area contributed by atoms with Crippen LogP contribution in [0.4, 0.5) is 4.79 Å². The minimum absolute atomic E-state index is 0.00629. The predicted molar refractivity (Wildman–Crippen MR) is 93.9 cm³/mol. The molecular weight excluding hydrogens is 324 g/mol. The van der Waals surface area contributed by atoms with Crippen molar-refractivity contribution in [3.63, 3.8) is 0 Å². The Hall–Kier alpha value is -2.07. The normalized spacial score (nSPS) is 17.6. The summed E-state index contributed by atoms with van der Waals surface area (Å²) in [6, 6.07) is 13.5. The first-order chi connectivity index (χ1) is 11.6. The van der Waals surface area contributed by atoms with Crippen molar-refractivity contribution >= 4 is 17.7 Å². The molecule has 0 spiro atoms. The number of piperidine rings is 1. The van der Waals surface area contributed by atoms with Gasteiger partial charge >= 0.3 is 6.09 Å². The van der Waals surface area contributed by atoms with Gasteiger partial charge in [-0.2, -0.15) is 0 Å². The molecule has 24 heavy (non-hydrogen) atoms. The molecule has 2 heterocycles. The van der Waals surface area contributed by atoms with Gasteiger partial charge in [0, 0.05) is 12.2 Å². The number of pyridine rings is 1. The first-order valence-corrected chi connectivity index (χ1v) is 8.63. The van der Waals surface area contributed by atoms with Crippen LogP contribution in [-0.4, -0.2) is 22.5 Å². The fourth-order valence-electron chi connectivity index (χ4n) is 3.17. The average Bonchev–Trinajstić information content (AvgIpc) is 2.61. The van der Waals surface area contributed by atoms with Gasteiger partial charge in [0.25, 0.3) is 0 Å². The third-order valence-corrected chi connectivity index (χ3v) is 4.60. The van der Waals surface area contributed by atoms with Crippen LogP contribution >= 0.6 is 11.6 Å². The first kappa shape index (κ1) is 16.8. The lowest BCUT2D eigenvalue weighted by Gasteiger charge is -2.35. The van der Waals surface area contributed by atoms with E-state index in [2.05, 4.69) is 4.98 Å². The highest BCUT2D eigenvalue weighted by atomic mass is 35.5. The highest BCUT2D eigenvalue weighted by Gasteiger charge is 2.30. The van der Waals surface area contributed by atoms with E-state index in [9.17, 15) is 4.79 Å². The lowest BCUT2D eigenvalue weighted by atomic mass is 9.95. The fraction of sp³-hybridized carbons (Fsp3) is 0.368. The number of carbonyl (C=O) groups excluding carboxylic acids is 1. The summed E-state index contributed by atoms with van der Waals surface area (Å²) in [5, 5.41) is 0.477. The number of aryl methyl sites for hydroxylation is 1. The van der Waals surface area contributed by atoms with Crippen LogP contribution in [0.5, 0.6) is 0 Å². The zero-order valence-electron chi connectivity index (χ0n) is 13.7. The Morgan fingerprint density at radius 1 is 1.25 bits per heavy atom. The third kappa shape index (κ3) is 3.88. The summed E-state index contributed by atoms with van der Waals surface area (Å²) in [7, 11) is 0. The maximum Gasteiger partial charge on any atom is 0.410 e. The Labute approximate surface area is 147 Å². The Bertz CT molecular complexity index is 706. The smallest absolute Gasteiger partial charge is 0.410 e. The van der Waals surface area contributed by atoms with Gasteiger partial charge in [0.15, 0.2) is 0 Å². The van der Waals surface area contributed by atoms with E-state index >= 15 is 0 Å². The average molecular weight is 345 g/mol. The topological polar surface area (TPSA) is 42.4 Å². The van der Waals surface area contributed by atoms with Crippen LogP contribution < -0.4 is 0 Å². The third-order valence-electron chi connectivity index (χ3n) is 4.39. The molecule has 126 valence electrons. The van der Waals surface area contributed by atoms with Crippen LogP contribution in [0.3, 0.4) is 0 Å². The quantitative estimate of drug-likeness (QED) is 0.743. The molecule has 0 N–H and O–H groups in total. The highest BCUT2D eigenvalue weighted by Crippen LogP contribution is 2.33. The van der Waals surface area contributed by atoms with Gasteiger partial charge in [-0.05, 0) is 43.4 Å². The van der Waals surface area contributed by atoms with Crippen molar-refractivity contribution in [1.29, 1.82) is 0 Å². The molecule has 0 unspecified atom stereocenters. The van der Waals surface area contributed by atoms with Crippen LogP contribution in [0.1, 0.15) is 42.1 Å². The zero-order chi connectivity index (χ0) is 16.9. The van der Waals surface area contributed by atoms with Gasteiger partial charge in [0.1, 0.15) is 11.8 Å². The molecule has 1 amide bonds. The number of halogens is 1. The van der Waals surface area contributed by atoms with Crippen LogP contribution in [-0.2, 0) is 11.3 Å². The molecule has 1 aromatic carbocycles. The van der Waals surface area contributed by atoms with Gasteiger partial charge in [-0.1, -0.05) is 48.0 Å². The van der Waals surface area contributed by atoms with E-state index in [1.165, 1.54) is 0 Å². The molecule has 0 bridgehead atoms. The van der Waals surface area contributed by atoms with E-state index in [0.29, 0.717) is 18.3 Å². The minimum atomic E-state index is -0.266. The molecule has 5 heteroatoms. The van der Waals surface area contributed by atoms with Crippen LogP contribution in [0.25, 0.3) is 0 Å². The molecule has 2 aromatic rings. The number of nitrogens with zero attached hydrogens (tertiary/aromatic N) is 2. The van der Waals surface area contributed by atoms with E-state index in [4.69, 9.17) is 16.3 Å². The molecule has 0 saturated carbocycles. The molecule has 1 aliphatic rings. The Morgan fingerprint density at radius 3 is 2.79 bits per heavy atom. The second-order valence-corrected chi connectivity index (χ2v) is 6.44. The van der Waals surface area contributed by atoms with Crippen molar-refractivity contribution in [3.8, 4) is 0 Å². The Balaban J connectivity index is 1.73. The maximum absolute atomic E-state index is 12.6. The number of rotatable bonds is 3. The van der Waals surface area contributed by atoms with E-state index in [1.807, 2.05) is 48.2 Å². The number of benzene rings is 1. The molecule has 1 fully saturated rings. The van der Waals surface area contributed by atoms with Crippen molar-refractivity contribution < 1.29 is 9.53 Å². The number of aromatic nitrogens is 1. The largest absolute Gasteiger partial charge is 0.445 e. The maximum atomic E-state index is 12.6. The second-order valence-electron chi connectivity index (χ2n) is 6.05. The summed E-state index contributed by atoms with van der Waals surface area (Å²) >= 11 is 5.96. The van der Waals surface area contributed by atoms with Gasteiger partial charge in [-0.3, -0.25) is 0 Å². The number of hydrogen-bond acceptors (Lipinski definition) is 3. The van der Waals surface area contributed by atoms with Crippen molar-refractivity contribution in [2.24, 2.45) is 0 Å². The van der Waals surface area contributed by atoms with Crippen molar-refractivity contribution in [2.45, 2.75) is 38.8 Å². The Morgan fingerprint density at radius 2 is 2.04 bits per heavy atom. The van der Waals surface area contributed by atoms with E-state index in [-0.39, 0.29) is 12.1 Å². The lowest BCUT2D eigenvalue weighted by Crippen LogP contribution is -2.39. The van der Waals surface area contributed by atoms with E-state index in [1.54, 1.807) is 6.07 Å². The summed E-state index contributed by atoms with van der Waals surface area (Å²) in [5.74, 6) is 0. The summed E-state index contributed by atoms with van der Waals surface area (Å²) in [6.45, 7) is 2.93. The molecule has 0 aliphatic carbocycles. The van der Waals surface area contributed by atoms with Crippen LogP contribution in [0, 0.1) is 6.92 Å². The molecule has 4 nitrogen and oxygen atoms in total. The molecule has 1 aromatic heterocycles. The monoisotopic (exact) mass is 344 g/mol. The number of likely N-dealkylation sites (tertiary alicyclic amines) is 1. The van der Waals surface area contributed by atoms with Crippen molar-refractivity contribution in [3.05, 3.63) is 64.4 Å². The Kier molecular flexibility index (Phi) is 5.36. The summed E-state index contributed by atoms with van der Waals surface area (Å²) in [4.78, 5) is 18.7. The van der Waals surface area contributed by atoms with Crippen molar-refractivity contribution in [2.75, 3.05) is 6.54 Å². The highest BCUT2D eigenvalue weighted by molar-refractivity contribution is 6.29. The molecule has 1 atom stereocenters. The minimum Gasteiger partial charge on any atom is -0.445 e. The van der Waals surface area contributed by atoms with Gasteiger partial charge < -0.3 is 9.64 Å². The summed E-state index contributed by atoms with van der Waals surface area (Å²) < 4.78 is 5.52. The van der Waals surface area contributed by atoms with E-state index in [0.717, 1.165) is 36.1 Å². The number of carbonyl (C=O) groups is 1. The summed E-state index contributed by atoms with van der Waals surface area (Å²) in [6.07, 6.45) is 2.74. The number of amides is 1. The predicted octanol–water partition coefficient (Wildman–Crippen LogP) is 4.91. The van der Waals surface area contributed by atoms with Crippen molar-refractivity contribution in [1.82, 2.24) is 9.88 Å². The molecule has 1 aliphatic heterocycles. The van der Waals surface area contributed by atoms with Gasteiger partial charge in [-0.15, -0.1) is 0 Å². The van der Waals surface area contributed by atoms with Crippen LogP contribution in [0.2, 0.25) is 5.15 Å². The molecule has 0 radical (unpaired) electrons. The van der Waals surface area contributed by atoms with Gasteiger partial charge in [0.05, 0.1) is 6.04 Å². The summed E-state index contributed by atoms with van der Waals surface area (Å²) in [5.41, 5.74) is 2.91. The number of hydrogen-bond donors (Lipinski definition) is 0. The first-order valence-electron chi connectivity index (χ1n) is 8.25. The standard InChI is InChI=1S/C19H21ClN2O2/c1-14-16(10-11-18(20)21-14)17-9-5-6-12-22(17)19(23)24-13-15-7-3-2-4-8-15/h2-4,7-8,10-11,17H,5-6,9,12-13H2,1H3/t17-/m0/s1. The second kappa shape index (κ2) is 7.67. The van der Waals surface area contributed by atoms with Crippen LogP contribution in [0.15, 0.2) is 42.5 Å². The lowest BCUT2D eigenvalue weighted by molar-refractivity contribution is 0.0677. The van der Waals surface area contributed by atoms with Gasteiger partial charge in [-0.25, -0.2) is 9.78 Å². The molecular formula is C19H21ClN2O2. The molecule has 3 rings (SSSR count). The zero-order valence-corrected chi connectivity index (χ0v) is 14.5. The SMILES string of the molecule is Cc1nc(Cl)ccc1[C@@H]1CCCCN1C(=O)OCc1ccccc1. The number of ether oxygens (including phenoxy) is 1. The van der Waals surface area contributed by atoms with E-state index < -0.39 is 0 Å². The fourth-order valence-corrected chi connectivity index (χ4v) is 3.36. The molecule has 1 saturated heterocycles.